The number of anilines is 1. The lowest BCUT2D eigenvalue weighted by Gasteiger charge is -2.26. The number of thiazole rings is 1. The van der Waals surface area contributed by atoms with Crippen molar-refractivity contribution in [1.29, 1.82) is 0 Å². The zero-order chi connectivity index (χ0) is 25.7. The molecule has 9 nitrogen and oxygen atoms in total. The Balaban J connectivity index is 0.00000380. The average Bonchev–Trinajstić information content (AvgIpc) is 3.34. The number of aromatic nitrogens is 1. The van der Waals surface area contributed by atoms with E-state index in [1.165, 1.54) is 27.8 Å². The number of sulfonamides is 1. The molecule has 12 heteroatoms. The average molecular weight is 569 g/mol. The van der Waals surface area contributed by atoms with E-state index in [-0.39, 0.29) is 23.2 Å². The number of carbonyl (C=O) groups is 1. The normalized spacial score (nSPS) is 14.5. The number of morpholine rings is 1. The summed E-state index contributed by atoms with van der Waals surface area (Å²) >= 11 is 1.43. The molecule has 0 saturated carbocycles. The maximum atomic E-state index is 13.7. The standard InChI is InChI=1S/C25H32N4O5S2.ClH/c1-4-27(5-2)12-13-29(25-26-22-11-8-20(33-3)18-23(22)35-25)24(30)19-6-9-21(10-7-19)36(31,32)28-14-16-34-17-15-28;/h6-11,18H,4-5,12-17H2,1-3H3;1H. The third-order valence-electron chi connectivity index (χ3n) is 6.30. The van der Waals surface area contributed by atoms with Gasteiger partial charge in [-0.1, -0.05) is 25.2 Å². The number of rotatable bonds is 10. The fraction of sp³-hybridized carbons (Fsp3) is 0.440. The first-order valence-electron chi connectivity index (χ1n) is 12.0. The summed E-state index contributed by atoms with van der Waals surface area (Å²) in [4.78, 5) is 22.5. The molecule has 1 aliphatic rings. The summed E-state index contributed by atoms with van der Waals surface area (Å²) in [5, 5.41) is 0.598. The first-order valence-corrected chi connectivity index (χ1v) is 14.3. The van der Waals surface area contributed by atoms with Crippen molar-refractivity contribution in [2.24, 2.45) is 0 Å². The highest BCUT2D eigenvalue weighted by Gasteiger charge is 2.27. The van der Waals surface area contributed by atoms with Crippen molar-refractivity contribution >= 4 is 55.0 Å². The third kappa shape index (κ3) is 6.60. The van der Waals surface area contributed by atoms with Gasteiger partial charge in [0.15, 0.2) is 5.13 Å². The molecule has 1 aliphatic heterocycles. The third-order valence-corrected chi connectivity index (χ3v) is 9.26. The van der Waals surface area contributed by atoms with E-state index < -0.39 is 10.0 Å². The van der Waals surface area contributed by atoms with Crippen LogP contribution in [0.15, 0.2) is 47.4 Å². The van der Waals surface area contributed by atoms with Crippen molar-refractivity contribution in [2.45, 2.75) is 18.7 Å². The molecule has 0 bridgehead atoms. The summed E-state index contributed by atoms with van der Waals surface area (Å²) < 4.78 is 38.9. The van der Waals surface area contributed by atoms with Gasteiger partial charge in [-0.25, -0.2) is 13.4 Å². The molecule has 1 saturated heterocycles. The first-order chi connectivity index (χ1) is 17.4. The lowest BCUT2D eigenvalue weighted by Crippen LogP contribution is -2.40. The highest BCUT2D eigenvalue weighted by Crippen LogP contribution is 2.32. The monoisotopic (exact) mass is 568 g/mol. The number of likely N-dealkylation sites (N-methyl/N-ethyl adjacent to an activating group) is 1. The quantitative estimate of drug-likeness (QED) is 0.368. The minimum atomic E-state index is -3.63. The summed E-state index contributed by atoms with van der Waals surface area (Å²) in [6.07, 6.45) is 0. The number of hydrogen-bond acceptors (Lipinski definition) is 8. The van der Waals surface area contributed by atoms with Crippen LogP contribution in [-0.4, -0.2) is 88.1 Å². The second-order valence-corrected chi connectivity index (χ2v) is 11.3. The van der Waals surface area contributed by atoms with Crippen molar-refractivity contribution in [3.63, 3.8) is 0 Å². The van der Waals surface area contributed by atoms with Gasteiger partial charge in [-0.2, -0.15) is 4.31 Å². The van der Waals surface area contributed by atoms with E-state index in [0.717, 1.165) is 29.1 Å². The minimum absolute atomic E-state index is 0. The Morgan fingerprint density at radius 1 is 1.08 bits per heavy atom. The van der Waals surface area contributed by atoms with Crippen LogP contribution in [0.3, 0.4) is 0 Å². The van der Waals surface area contributed by atoms with E-state index in [4.69, 9.17) is 14.5 Å². The van der Waals surface area contributed by atoms with Gasteiger partial charge in [-0.05, 0) is 55.6 Å². The molecular formula is C25H33ClN4O5S2. The molecule has 2 heterocycles. The number of ether oxygens (including phenoxy) is 2. The van der Waals surface area contributed by atoms with E-state index in [9.17, 15) is 13.2 Å². The summed E-state index contributed by atoms with van der Waals surface area (Å²) in [5.74, 6) is 0.513. The Hall–Kier alpha value is -2.28. The van der Waals surface area contributed by atoms with Crippen LogP contribution in [-0.2, 0) is 14.8 Å². The van der Waals surface area contributed by atoms with Crippen LogP contribution >= 0.6 is 23.7 Å². The maximum absolute atomic E-state index is 13.7. The van der Waals surface area contributed by atoms with E-state index in [0.29, 0.717) is 50.1 Å². The van der Waals surface area contributed by atoms with E-state index >= 15 is 0 Å². The van der Waals surface area contributed by atoms with Crippen molar-refractivity contribution in [1.82, 2.24) is 14.2 Å². The van der Waals surface area contributed by atoms with E-state index in [2.05, 4.69) is 18.7 Å². The molecule has 37 heavy (non-hydrogen) atoms. The smallest absolute Gasteiger partial charge is 0.260 e. The lowest BCUT2D eigenvalue weighted by atomic mass is 10.2. The zero-order valence-corrected chi connectivity index (χ0v) is 23.7. The predicted octanol–water partition coefficient (Wildman–Crippen LogP) is 3.74. The van der Waals surface area contributed by atoms with E-state index in [1.54, 1.807) is 24.1 Å². The van der Waals surface area contributed by atoms with Gasteiger partial charge < -0.3 is 14.4 Å². The molecule has 0 aliphatic carbocycles. The van der Waals surface area contributed by atoms with Crippen LogP contribution in [0, 0.1) is 0 Å². The Bertz CT molecular complexity index is 1290. The molecule has 4 rings (SSSR count). The lowest BCUT2D eigenvalue weighted by molar-refractivity contribution is 0.0730. The van der Waals surface area contributed by atoms with Gasteiger partial charge >= 0.3 is 0 Å². The van der Waals surface area contributed by atoms with Crippen LogP contribution in [0.5, 0.6) is 5.75 Å². The summed E-state index contributed by atoms with van der Waals surface area (Å²) in [7, 11) is -2.01. The highest BCUT2D eigenvalue weighted by atomic mass is 35.5. The number of fused-ring (bicyclic) bond motifs is 1. The second kappa shape index (κ2) is 13.0. The second-order valence-electron chi connectivity index (χ2n) is 8.35. The topological polar surface area (TPSA) is 92.3 Å². The number of amides is 1. The molecule has 1 aromatic heterocycles. The Morgan fingerprint density at radius 2 is 1.76 bits per heavy atom. The van der Waals surface area contributed by atoms with Gasteiger partial charge in [0.1, 0.15) is 5.75 Å². The molecule has 0 atom stereocenters. The van der Waals surface area contributed by atoms with Crippen LogP contribution < -0.4 is 9.64 Å². The molecule has 0 spiro atoms. The molecule has 1 amide bonds. The first kappa shape index (κ1) is 29.3. The largest absolute Gasteiger partial charge is 0.497 e. The Kier molecular flexibility index (Phi) is 10.3. The van der Waals surface area contributed by atoms with Crippen molar-refractivity contribution in [3.05, 3.63) is 48.0 Å². The molecule has 0 N–H and O–H groups in total. The highest BCUT2D eigenvalue weighted by molar-refractivity contribution is 7.89. The number of nitrogens with zero attached hydrogens (tertiary/aromatic N) is 4. The predicted molar refractivity (Wildman–Crippen MR) is 149 cm³/mol. The molecule has 0 radical (unpaired) electrons. The van der Waals surface area contributed by atoms with Gasteiger partial charge in [-0.3, -0.25) is 9.69 Å². The molecule has 2 aromatic carbocycles. The minimum Gasteiger partial charge on any atom is -0.497 e. The maximum Gasteiger partial charge on any atom is 0.260 e. The summed E-state index contributed by atoms with van der Waals surface area (Å²) in [6, 6.07) is 11.8. The number of benzene rings is 2. The zero-order valence-electron chi connectivity index (χ0n) is 21.3. The van der Waals surface area contributed by atoms with Crippen molar-refractivity contribution in [2.75, 3.05) is 64.5 Å². The van der Waals surface area contributed by atoms with Crippen LogP contribution in [0.2, 0.25) is 0 Å². The number of halogens is 1. The SMILES string of the molecule is CCN(CC)CCN(C(=O)c1ccc(S(=O)(=O)N2CCOCC2)cc1)c1nc2ccc(OC)cc2s1.Cl. The van der Waals surface area contributed by atoms with Gasteiger partial charge in [0.2, 0.25) is 10.0 Å². The summed E-state index contributed by atoms with van der Waals surface area (Å²) in [5.41, 5.74) is 1.20. The Morgan fingerprint density at radius 3 is 2.38 bits per heavy atom. The summed E-state index contributed by atoms with van der Waals surface area (Å²) in [6.45, 7) is 8.51. The van der Waals surface area contributed by atoms with Gasteiger partial charge in [0.05, 0.1) is 35.4 Å². The van der Waals surface area contributed by atoms with Crippen LogP contribution in [0.25, 0.3) is 10.2 Å². The van der Waals surface area contributed by atoms with Gasteiger partial charge in [0.25, 0.3) is 5.91 Å². The molecule has 1 fully saturated rings. The fourth-order valence-corrected chi connectivity index (χ4v) is 6.49. The van der Waals surface area contributed by atoms with Crippen molar-refractivity contribution in [3.8, 4) is 5.75 Å². The van der Waals surface area contributed by atoms with Crippen LogP contribution in [0.4, 0.5) is 5.13 Å². The fourth-order valence-electron chi connectivity index (χ4n) is 4.06. The van der Waals surface area contributed by atoms with Gasteiger partial charge in [-0.15, -0.1) is 12.4 Å². The molecular weight excluding hydrogens is 536 g/mol. The number of hydrogen-bond donors (Lipinski definition) is 0. The Labute approximate surface area is 228 Å². The van der Waals surface area contributed by atoms with Crippen LogP contribution in [0.1, 0.15) is 24.2 Å². The van der Waals surface area contributed by atoms with E-state index in [1.807, 2.05) is 18.2 Å². The van der Waals surface area contributed by atoms with Crippen molar-refractivity contribution < 1.29 is 22.7 Å². The van der Waals surface area contributed by atoms with Gasteiger partial charge in [0, 0.05) is 31.7 Å². The molecule has 3 aromatic rings. The molecule has 202 valence electrons. The number of carbonyl (C=O) groups excluding carboxylic acids is 1. The molecule has 0 unspecified atom stereocenters. The number of methoxy groups -OCH3 is 1.